The highest BCUT2D eigenvalue weighted by Gasteiger charge is 2.48. The first kappa shape index (κ1) is 27.4. The average Bonchev–Trinajstić information content (AvgIpc) is 3.31. The molecule has 1 N–H and O–H groups in total. The lowest BCUT2D eigenvalue weighted by Crippen LogP contribution is -2.50. The van der Waals surface area contributed by atoms with E-state index in [0.717, 1.165) is 16.9 Å². The van der Waals surface area contributed by atoms with E-state index in [-0.39, 0.29) is 24.1 Å². The summed E-state index contributed by atoms with van der Waals surface area (Å²) in [6, 6.07) is 7.75. The molecule has 2 aromatic rings. The van der Waals surface area contributed by atoms with E-state index in [1.165, 1.54) is 0 Å². The first-order valence-electron chi connectivity index (χ1n) is 13.0. The highest BCUT2D eigenvalue weighted by molar-refractivity contribution is 7.12. The zero-order chi connectivity index (χ0) is 26.9. The van der Waals surface area contributed by atoms with E-state index in [9.17, 15) is 23.1 Å². The fourth-order valence-electron chi connectivity index (χ4n) is 5.74. The predicted octanol–water partition coefficient (Wildman–Crippen LogP) is 3.95. The predicted molar refractivity (Wildman–Crippen MR) is 135 cm³/mol. The van der Waals surface area contributed by atoms with E-state index in [0.29, 0.717) is 81.5 Å². The molecule has 1 amide bonds. The number of thiophene rings is 1. The topological polar surface area (TPSA) is 71.5 Å². The summed E-state index contributed by atoms with van der Waals surface area (Å²) in [5.41, 5.74) is 0.985. The van der Waals surface area contributed by atoms with Gasteiger partial charge in [-0.25, -0.2) is 0 Å². The first-order chi connectivity index (χ1) is 18.2. The van der Waals surface area contributed by atoms with Crippen LogP contribution < -0.4 is 4.74 Å². The SMILES string of the molecule is C[C@H]1C[C@@]2(CCN1Cc1ccc(OCC(=O)N3CCOCC3)cc1)OCCc1c2sc(C(F)(F)F)c1CO. The van der Waals surface area contributed by atoms with Gasteiger partial charge in [-0.15, -0.1) is 11.3 Å². The number of hydrogen-bond donors (Lipinski definition) is 1. The van der Waals surface area contributed by atoms with Gasteiger partial charge in [0.05, 0.1) is 26.4 Å². The van der Waals surface area contributed by atoms with Gasteiger partial charge in [0.1, 0.15) is 16.2 Å². The number of likely N-dealkylation sites (tertiary alicyclic amines) is 1. The Morgan fingerprint density at radius 1 is 1.18 bits per heavy atom. The van der Waals surface area contributed by atoms with Crippen molar-refractivity contribution in [1.82, 2.24) is 9.80 Å². The number of hydrogen-bond acceptors (Lipinski definition) is 7. The summed E-state index contributed by atoms with van der Waals surface area (Å²) >= 11 is 0.748. The van der Waals surface area contributed by atoms with Crippen LogP contribution in [-0.4, -0.2) is 72.9 Å². The lowest BCUT2D eigenvalue weighted by atomic mass is 9.81. The lowest BCUT2D eigenvalue weighted by molar-refractivity contribution is -0.137. The van der Waals surface area contributed by atoms with Gasteiger partial charge in [-0.3, -0.25) is 9.69 Å². The van der Waals surface area contributed by atoms with Crippen LogP contribution in [0.5, 0.6) is 5.75 Å². The van der Waals surface area contributed by atoms with Crippen molar-refractivity contribution in [2.45, 2.75) is 57.2 Å². The third-order valence-electron chi connectivity index (χ3n) is 7.76. The summed E-state index contributed by atoms with van der Waals surface area (Å²) in [6.07, 6.45) is -2.91. The Morgan fingerprint density at radius 3 is 2.58 bits per heavy atom. The second-order valence-electron chi connectivity index (χ2n) is 10.2. The Kier molecular flexibility index (Phi) is 8.02. The number of amides is 1. The highest BCUT2D eigenvalue weighted by Crippen LogP contribution is 2.51. The second-order valence-corrected chi connectivity index (χ2v) is 11.2. The quantitative estimate of drug-likeness (QED) is 0.583. The number of ether oxygens (including phenoxy) is 3. The van der Waals surface area contributed by atoms with Crippen molar-refractivity contribution in [2.75, 3.05) is 46.1 Å². The molecule has 208 valence electrons. The average molecular weight is 555 g/mol. The van der Waals surface area contributed by atoms with Crippen LogP contribution in [0.25, 0.3) is 0 Å². The zero-order valence-corrected chi connectivity index (χ0v) is 22.2. The molecule has 1 spiro atoms. The summed E-state index contributed by atoms with van der Waals surface area (Å²) in [7, 11) is 0. The molecule has 0 radical (unpaired) electrons. The molecule has 0 saturated carbocycles. The number of benzene rings is 1. The fourth-order valence-corrected chi connectivity index (χ4v) is 7.15. The molecule has 3 aliphatic rings. The minimum absolute atomic E-state index is 0.0106. The van der Waals surface area contributed by atoms with Crippen molar-refractivity contribution < 1.29 is 37.3 Å². The summed E-state index contributed by atoms with van der Waals surface area (Å²) in [5, 5.41) is 9.74. The molecule has 0 bridgehead atoms. The molecular formula is C27H33F3N2O5S. The number of fused-ring (bicyclic) bond motifs is 2. The van der Waals surface area contributed by atoms with Gasteiger partial charge in [0.2, 0.25) is 0 Å². The highest BCUT2D eigenvalue weighted by atomic mass is 32.1. The molecule has 3 aliphatic heterocycles. The van der Waals surface area contributed by atoms with Crippen molar-refractivity contribution >= 4 is 17.2 Å². The number of aliphatic hydroxyl groups excluding tert-OH is 1. The maximum atomic E-state index is 13.7. The van der Waals surface area contributed by atoms with E-state index in [1.807, 2.05) is 24.3 Å². The summed E-state index contributed by atoms with van der Waals surface area (Å²) in [5.74, 6) is 0.572. The number of carbonyl (C=O) groups excluding carboxylic acids is 1. The van der Waals surface area contributed by atoms with E-state index in [4.69, 9.17) is 14.2 Å². The van der Waals surface area contributed by atoms with Crippen molar-refractivity contribution in [3.8, 4) is 5.75 Å². The van der Waals surface area contributed by atoms with Crippen LogP contribution in [0.3, 0.4) is 0 Å². The van der Waals surface area contributed by atoms with Crippen LogP contribution in [0.2, 0.25) is 0 Å². The van der Waals surface area contributed by atoms with Crippen LogP contribution >= 0.6 is 11.3 Å². The smallest absolute Gasteiger partial charge is 0.425 e. The third-order valence-corrected chi connectivity index (χ3v) is 9.27. The Bertz CT molecular complexity index is 1130. The number of aliphatic hydroxyl groups is 1. The second kappa shape index (κ2) is 11.1. The van der Waals surface area contributed by atoms with Gasteiger partial charge >= 0.3 is 6.18 Å². The minimum atomic E-state index is -4.49. The molecule has 2 fully saturated rings. The van der Waals surface area contributed by atoms with Crippen molar-refractivity contribution in [3.63, 3.8) is 0 Å². The summed E-state index contributed by atoms with van der Waals surface area (Å²) in [4.78, 5) is 16.3. The molecule has 1 aromatic carbocycles. The van der Waals surface area contributed by atoms with Crippen molar-refractivity contribution in [2.24, 2.45) is 0 Å². The Morgan fingerprint density at radius 2 is 1.92 bits per heavy atom. The molecule has 7 nitrogen and oxygen atoms in total. The van der Waals surface area contributed by atoms with Gasteiger partial charge in [-0.05, 0) is 49.4 Å². The maximum Gasteiger partial charge on any atom is 0.425 e. The minimum Gasteiger partial charge on any atom is -0.484 e. The Hall–Kier alpha value is -2.18. The van der Waals surface area contributed by atoms with Gasteiger partial charge in [-0.1, -0.05) is 12.1 Å². The van der Waals surface area contributed by atoms with E-state index in [2.05, 4.69) is 11.8 Å². The molecule has 0 unspecified atom stereocenters. The molecule has 38 heavy (non-hydrogen) atoms. The summed E-state index contributed by atoms with van der Waals surface area (Å²) in [6.45, 7) is 5.46. The molecule has 11 heteroatoms. The number of morpholine rings is 1. The van der Waals surface area contributed by atoms with Crippen LogP contribution in [0.1, 0.15) is 46.2 Å². The molecule has 0 aliphatic carbocycles. The number of nitrogens with zero attached hydrogens (tertiary/aromatic N) is 2. The normalized spacial score (nSPS) is 24.4. The van der Waals surface area contributed by atoms with E-state index in [1.54, 1.807) is 4.90 Å². The van der Waals surface area contributed by atoms with Crippen molar-refractivity contribution in [1.29, 1.82) is 0 Å². The Balaban J connectivity index is 1.21. The number of rotatable bonds is 6. The Labute approximate surface area is 224 Å². The monoisotopic (exact) mass is 554 g/mol. The zero-order valence-electron chi connectivity index (χ0n) is 21.4. The van der Waals surface area contributed by atoms with Gasteiger partial charge in [-0.2, -0.15) is 13.2 Å². The number of carbonyl (C=O) groups is 1. The largest absolute Gasteiger partial charge is 0.484 e. The summed E-state index contributed by atoms with van der Waals surface area (Å²) < 4.78 is 58.2. The van der Waals surface area contributed by atoms with Crippen LogP contribution in [-0.2, 0) is 45.6 Å². The first-order valence-corrected chi connectivity index (χ1v) is 13.8. The maximum absolute atomic E-state index is 13.7. The standard InChI is InChI=1S/C27H33F3N2O5S/c1-18-14-26(24-21(6-11-37-26)22(16-33)25(38-24)27(28,29)30)7-8-32(18)15-19-2-4-20(5-3-19)36-17-23(34)31-9-12-35-13-10-31/h2-5,18,33H,6-17H2,1H3/t18-,26+/m0/s1. The fraction of sp³-hybridized carbons (Fsp3) is 0.593. The van der Waals surface area contributed by atoms with Gasteiger partial charge < -0.3 is 24.2 Å². The van der Waals surface area contributed by atoms with Crippen molar-refractivity contribution in [3.05, 3.63) is 50.7 Å². The van der Waals surface area contributed by atoms with Crippen LogP contribution in [0, 0.1) is 0 Å². The molecule has 4 heterocycles. The molecular weight excluding hydrogens is 521 g/mol. The van der Waals surface area contributed by atoms with Crippen LogP contribution in [0.4, 0.5) is 13.2 Å². The van der Waals surface area contributed by atoms with Gasteiger partial charge in [0.25, 0.3) is 5.91 Å². The lowest BCUT2D eigenvalue weighted by Gasteiger charge is -2.47. The molecule has 2 saturated heterocycles. The third kappa shape index (κ3) is 5.58. The van der Waals surface area contributed by atoms with Gasteiger partial charge in [0, 0.05) is 42.7 Å². The molecule has 2 atom stereocenters. The number of halogens is 3. The molecule has 5 rings (SSSR count). The number of alkyl halides is 3. The van der Waals surface area contributed by atoms with E-state index >= 15 is 0 Å². The van der Waals surface area contributed by atoms with Gasteiger partial charge in [0.15, 0.2) is 6.61 Å². The van der Waals surface area contributed by atoms with Crippen LogP contribution in [0.15, 0.2) is 24.3 Å². The number of piperidine rings is 1. The van der Waals surface area contributed by atoms with E-state index < -0.39 is 23.3 Å². The molecule has 1 aromatic heterocycles.